The fraction of sp³-hybridized carbons (Fsp3) is 0.300. The van der Waals surface area contributed by atoms with Gasteiger partial charge in [-0.2, -0.15) is 13.2 Å². The molecule has 0 spiro atoms. The number of nitrogens with one attached hydrogen (secondary N) is 2. The summed E-state index contributed by atoms with van der Waals surface area (Å²) in [4.78, 5) is 13.0. The highest BCUT2D eigenvalue weighted by Gasteiger charge is 2.39. The number of alkyl halides is 3. The SMILES string of the molecule is C=C(NCC(F)(F)F)c1nc2c(cc1Cl)N1CC[C@@H](C1)N2C(=C)Nc1ccccn1. The first kappa shape index (κ1) is 20.3. The van der Waals surface area contributed by atoms with Gasteiger partial charge in [0, 0.05) is 19.3 Å². The van der Waals surface area contributed by atoms with Crippen LogP contribution in [0.2, 0.25) is 5.02 Å². The van der Waals surface area contributed by atoms with Crippen LogP contribution < -0.4 is 20.4 Å². The van der Waals surface area contributed by atoms with Crippen molar-refractivity contribution in [3.05, 3.63) is 60.2 Å². The maximum atomic E-state index is 12.6. The first-order valence-corrected chi connectivity index (χ1v) is 9.72. The van der Waals surface area contributed by atoms with Gasteiger partial charge in [0.25, 0.3) is 0 Å². The van der Waals surface area contributed by atoms with Crippen LogP contribution in [0.25, 0.3) is 5.70 Å². The van der Waals surface area contributed by atoms with Gasteiger partial charge in [0.15, 0.2) is 5.82 Å². The van der Waals surface area contributed by atoms with Crippen molar-refractivity contribution in [2.24, 2.45) is 0 Å². The molecule has 0 amide bonds. The molecule has 0 saturated carbocycles. The Morgan fingerprint density at radius 2 is 2.10 bits per heavy atom. The van der Waals surface area contributed by atoms with E-state index in [4.69, 9.17) is 11.6 Å². The lowest BCUT2D eigenvalue weighted by atomic mass is 10.1. The summed E-state index contributed by atoms with van der Waals surface area (Å²) in [5.74, 6) is 1.79. The molecule has 4 heterocycles. The third kappa shape index (κ3) is 4.02. The van der Waals surface area contributed by atoms with Gasteiger partial charge in [-0.15, -0.1) is 0 Å². The predicted octanol–water partition coefficient (Wildman–Crippen LogP) is 4.23. The second-order valence-corrected chi connectivity index (χ2v) is 7.56. The zero-order chi connectivity index (χ0) is 21.5. The molecule has 10 heteroatoms. The van der Waals surface area contributed by atoms with Gasteiger partial charge in [-0.3, -0.25) is 0 Å². The number of nitrogens with zero attached hydrogens (tertiary/aromatic N) is 4. The minimum absolute atomic E-state index is 0.0105. The maximum Gasteiger partial charge on any atom is 0.405 e. The Kier molecular flexibility index (Phi) is 5.23. The molecule has 4 rings (SSSR count). The van der Waals surface area contributed by atoms with E-state index in [1.807, 2.05) is 23.1 Å². The maximum absolute atomic E-state index is 12.6. The molecule has 1 saturated heterocycles. The van der Waals surface area contributed by atoms with E-state index in [1.54, 1.807) is 12.3 Å². The van der Waals surface area contributed by atoms with Crippen LogP contribution in [-0.4, -0.2) is 41.8 Å². The number of aromatic nitrogens is 2. The van der Waals surface area contributed by atoms with Crippen molar-refractivity contribution < 1.29 is 13.2 Å². The van der Waals surface area contributed by atoms with Gasteiger partial charge in [0.1, 0.15) is 23.9 Å². The molecule has 2 aromatic rings. The molecule has 0 aliphatic carbocycles. The number of anilines is 3. The van der Waals surface area contributed by atoms with Crippen molar-refractivity contribution in [3.63, 3.8) is 0 Å². The quantitative estimate of drug-likeness (QED) is 0.706. The molecule has 30 heavy (non-hydrogen) atoms. The Morgan fingerprint density at radius 1 is 1.30 bits per heavy atom. The molecule has 1 fully saturated rings. The van der Waals surface area contributed by atoms with E-state index in [1.165, 1.54) is 0 Å². The zero-order valence-electron chi connectivity index (χ0n) is 16.0. The van der Waals surface area contributed by atoms with Crippen molar-refractivity contribution in [1.82, 2.24) is 15.3 Å². The molecule has 2 aliphatic heterocycles. The van der Waals surface area contributed by atoms with Gasteiger partial charge in [-0.1, -0.05) is 30.8 Å². The zero-order valence-corrected chi connectivity index (χ0v) is 16.8. The number of pyridine rings is 2. The average Bonchev–Trinajstić information content (AvgIpc) is 3.11. The highest BCUT2D eigenvalue weighted by molar-refractivity contribution is 6.32. The normalized spacial score (nSPS) is 17.5. The minimum Gasteiger partial charge on any atom is -0.375 e. The van der Waals surface area contributed by atoms with Gasteiger partial charge >= 0.3 is 6.18 Å². The van der Waals surface area contributed by atoms with E-state index in [2.05, 4.69) is 38.7 Å². The van der Waals surface area contributed by atoms with E-state index >= 15 is 0 Å². The molecule has 2 N–H and O–H groups in total. The molecule has 0 radical (unpaired) electrons. The molecular formula is C20H20ClF3N6. The lowest BCUT2D eigenvalue weighted by Gasteiger charge is -2.38. The third-order valence-electron chi connectivity index (χ3n) is 5.05. The number of hydrogen-bond acceptors (Lipinski definition) is 6. The Morgan fingerprint density at radius 3 is 2.80 bits per heavy atom. The third-order valence-corrected chi connectivity index (χ3v) is 5.34. The molecule has 0 aromatic carbocycles. The van der Waals surface area contributed by atoms with E-state index in [0.717, 1.165) is 25.2 Å². The van der Waals surface area contributed by atoms with Crippen molar-refractivity contribution >= 4 is 34.6 Å². The van der Waals surface area contributed by atoms with E-state index in [-0.39, 0.29) is 22.5 Å². The molecule has 158 valence electrons. The molecule has 0 unspecified atom stereocenters. The Balaban J connectivity index is 1.66. The summed E-state index contributed by atoms with van der Waals surface area (Å²) in [5, 5.41) is 5.69. The fourth-order valence-corrected chi connectivity index (χ4v) is 3.98. The van der Waals surface area contributed by atoms with Crippen molar-refractivity contribution in [2.45, 2.75) is 18.6 Å². The second kappa shape index (κ2) is 7.71. The molecular weight excluding hydrogens is 417 g/mol. The highest BCUT2D eigenvalue weighted by Crippen LogP contribution is 2.43. The van der Waals surface area contributed by atoms with Gasteiger partial charge in [-0.05, 0) is 24.6 Å². The van der Waals surface area contributed by atoms with Crippen molar-refractivity contribution in [1.29, 1.82) is 0 Å². The summed E-state index contributed by atoms with van der Waals surface area (Å²) in [6, 6.07) is 7.34. The van der Waals surface area contributed by atoms with Crippen LogP contribution in [0.5, 0.6) is 0 Å². The Bertz CT molecular complexity index is 978. The molecule has 2 aliphatic rings. The van der Waals surface area contributed by atoms with E-state index in [0.29, 0.717) is 17.5 Å². The van der Waals surface area contributed by atoms with Crippen LogP contribution in [0.3, 0.4) is 0 Å². The lowest BCUT2D eigenvalue weighted by Crippen LogP contribution is -2.44. The number of fused-ring (bicyclic) bond motifs is 4. The summed E-state index contributed by atoms with van der Waals surface area (Å²) in [6.07, 6.45) is -1.82. The molecule has 2 bridgehead atoms. The van der Waals surface area contributed by atoms with E-state index < -0.39 is 12.7 Å². The first-order chi connectivity index (χ1) is 14.2. The Labute approximate surface area is 177 Å². The summed E-state index contributed by atoms with van der Waals surface area (Å²) in [5.41, 5.74) is 0.999. The van der Waals surface area contributed by atoms with Crippen LogP contribution in [0.4, 0.5) is 30.5 Å². The summed E-state index contributed by atoms with van der Waals surface area (Å²) in [6.45, 7) is 8.23. The van der Waals surface area contributed by atoms with Crippen LogP contribution in [0.15, 0.2) is 49.4 Å². The summed E-state index contributed by atoms with van der Waals surface area (Å²) in [7, 11) is 0. The van der Waals surface area contributed by atoms with E-state index in [9.17, 15) is 13.2 Å². The molecule has 1 atom stereocenters. The predicted molar refractivity (Wildman–Crippen MR) is 112 cm³/mol. The number of hydrogen-bond donors (Lipinski definition) is 2. The smallest absolute Gasteiger partial charge is 0.375 e. The first-order valence-electron chi connectivity index (χ1n) is 9.34. The van der Waals surface area contributed by atoms with Crippen molar-refractivity contribution in [3.8, 4) is 0 Å². The fourth-order valence-electron chi connectivity index (χ4n) is 3.72. The molecule has 6 nitrogen and oxygen atoms in total. The minimum atomic E-state index is -4.37. The van der Waals surface area contributed by atoms with Gasteiger partial charge in [0.05, 0.1) is 22.4 Å². The van der Waals surface area contributed by atoms with Gasteiger partial charge < -0.3 is 20.4 Å². The second-order valence-electron chi connectivity index (χ2n) is 7.15. The number of rotatable bonds is 6. The van der Waals surface area contributed by atoms with Crippen LogP contribution in [0, 0.1) is 0 Å². The van der Waals surface area contributed by atoms with Gasteiger partial charge in [-0.25, -0.2) is 9.97 Å². The Hall–Kier alpha value is -2.94. The van der Waals surface area contributed by atoms with Gasteiger partial charge in [0.2, 0.25) is 0 Å². The topological polar surface area (TPSA) is 56.3 Å². The summed E-state index contributed by atoms with van der Waals surface area (Å²) < 4.78 is 37.8. The monoisotopic (exact) mass is 436 g/mol. The average molecular weight is 437 g/mol. The van der Waals surface area contributed by atoms with Crippen molar-refractivity contribution in [2.75, 3.05) is 34.8 Å². The van der Waals surface area contributed by atoms with Crippen LogP contribution in [0.1, 0.15) is 12.1 Å². The highest BCUT2D eigenvalue weighted by atomic mass is 35.5. The van der Waals surface area contributed by atoms with Crippen LogP contribution in [-0.2, 0) is 0 Å². The molecule has 2 aromatic heterocycles. The summed E-state index contributed by atoms with van der Waals surface area (Å²) >= 11 is 6.36. The largest absolute Gasteiger partial charge is 0.405 e. The number of halogens is 4. The standard InChI is InChI=1S/C20H20ClF3N6/c1-12(26-11-20(22,23)24)18-15(21)9-16-19(28-18)30(14-6-8-29(16)10-14)13(2)27-17-5-3-4-7-25-17/h3-5,7,9,14,26H,1-2,6,8,10-11H2,(H,25,27)/t14-/m0/s1. The lowest BCUT2D eigenvalue weighted by molar-refractivity contribution is -0.122. The van der Waals surface area contributed by atoms with Crippen LogP contribution >= 0.6 is 11.6 Å².